The zero-order valence-electron chi connectivity index (χ0n) is 30.7. The number of guanidine groups is 1. The van der Waals surface area contributed by atoms with Crippen LogP contribution < -0.4 is 22.9 Å². The highest BCUT2D eigenvalue weighted by atomic mass is 16.5. The monoisotopic (exact) mass is 637 g/mol. The lowest BCUT2D eigenvalue weighted by molar-refractivity contribution is -0.147. The Hall–Kier alpha value is -2.46. The molecule has 10 heteroatoms. The summed E-state index contributed by atoms with van der Waals surface area (Å²) in [6.07, 6.45) is 7.78. The number of carbonyl (C=O) groups excluding carboxylic acids is 2. The minimum Gasteiger partial charge on any atom is -0.465 e. The van der Waals surface area contributed by atoms with Crippen molar-refractivity contribution in [1.82, 2.24) is 0 Å². The van der Waals surface area contributed by atoms with Crippen LogP contribution in [0.15, 0.2) is 21.8 Å². The third kappa shape index (κ3) is 18.3. The van der Waals surface area contributed by atoms with Crippen LogP contribution in [0.4, 0.5) is 0 Å². The van der Waals surface area contributed by atoms with E-state index in [1.165, 1.54) is 0 Å². The molecule has 1 aliphatic heterocycles. The van der Waals surface area contributed by atoms with Gasteiger partial charge in [0, 0.05) is 25.4 Å². The highest BCUT2D eigenvalue weighted by Gasteiger charge is 2.35. The standard InChI is InChI=1S/C18H32N2O2.C17H36N4O2/c1-17(2,3)15(18(4,5)6)8-10-22-16(21)14(19)11-13-7-9-20-12-13;1-16(2,3)13(17(4,5)6)9-11-23-14(22)12(18)8-7-10-21-15(19)20/h9,12,14-15H,7-8,10-11,19H2,1-6H3;12-13H,7-11,18H2,1-6H3,(H4,19,20,21). The number of nitrogens with two attached hydrogens (primary N) is 4. The van der Waals surface area contributed by atoms with Gasteiger partial charge in [0.15, 0.2) is 5.96 Å². The summed E-state index contributed by atoms with van der Waals surface area (Å²) >= 11 is 0. The molecule has 0 fully saturated rings. The second-order valence-electron chi connectivity index (χ2n) is 16.7. The summed E-state index contributed by atoms with van der Waals surface area (Å²) in [7, 11) is 0. The number of rotatable bonds is 14. The molecule has 0 aliphatic carbocycles. The second-order valence-corrected chi connectivity index (χ2v) is 16.7. The molecule has 0 radical (unpaired) electrons. The number of esters is 2. The molecule has 1 rings (SSSR count). The maximum Gasteiger partial charge on any atom is 0.323 e. The Labute approximate surface area is 274 Å². The molecular formula is C35H68N6O4. The largest absolute Gasteiger partial charge is 0.465 e. The minimum absolute atomic E-state index is 0.0524. The molecule has 45 heavy (non-hydrogen) atoms. The molecule has 2 unspecified atom stereocenters. The van der Waals surface area contributed by atoms with Gasteiger partial charge in [-0.3, -0.25) is 19.6 Å². The van der Waals surface area contributed by atoms with E-state index in [0.717, 1.165) is 24.8 Å². The van der Waals surface area contributed by atoms with Crippen molar-refractivity contribution in [2.45, 2.75) is 134 Å². The summed E-state index contributed by atoms with van der Waals surface area (Å²) in [6.45, 7) is 28.1. The van der Waals surface area contributed by atoms with Gasteiger partial charge in [0.05, 0.1) is 13.2 Å². The Bertz CT molecular complexity index is 962. The normalized spacial score (nSPS) is 15.2. The first-order chi connectivity index (χ1) is 20.4. The average molecular weight is 637 g/mol. The summed E-state index contributed by atoms with van der Waals surface area (Å²) in [6, 6.07) is -1.21. The lowest BCUT2D eigenvalue weighted by Gasteiger charge is -2.40. The lowest BCUT2D eigenvalue weighted by atomic mass is 9.65. The predicted molar refractivity (Wildman–Crippen MR) is 188 cm³/mol. The van der Waals surface area contributed by atoms with Crippen molar-refractivity contribution in [3.63, 3.8) is 0 Å². The molecule has 0 saturated carbocycles. The highest BCUT2D eigenvalue weighted by Crippen LogP contribution is 2.43. The molecular weight excluding hydrogens is 568 g/mol. The zero-order valence-corrected chi connectivity index (χ0v) is 30.7. The third-order valence-corrected chi connectivity index (χ3v) is 8.25. The van der Waals surface area contributed by atoms with E-state index in [-0.39, 0.29) is 39.6 Å². The van der Waals surface area contributed by atoms with Gasteiger partial charge in [0.1, 0.15) is 12.1 Å². The molecule has 0 amide bonds. The van der Waals surface area contributed by atoms with Gasteiger partial charge in [-0.15, -0.1) is 0 Å². The first-order valence-electron chi connectivity index (χ1n) is 16.5. The molecule has 0 spiro atoms. The van der Waals surface area contributed by atoms with Crippen molar-refractivity contribution in [2.24, 2.45) is 66.4 Å². The van der Waals surface area contributed by atoms with Crippen molar-refractivity contribution in [3.8, 4) is 0 Å². The number of nitrogens with zero attached hydrogens (tertiary/aromatic N) is 2. The minimum atomic E-state index is -0.619. The van der Waals surface area contributed by atoms with Gasteiger partial charge >= 0.3 is 11.9 Å². The number of carbonyl (C=O) groups is 2. The Kier molecular flexibility index (Phi) is 17.6. The van der Waals surface area contributed by atoms with E-state index in [1.807, 2.05) is 6.21 Å². The maximum absolute atomic E-state index is 12.0. The molecule has 0 aromatic carbocycles. The van der Waals surface area contributed by atoms with Crippen LogP contribution in [-0.2, 0) is 19.1 Å². The summed E-state index contributed by atoms with van der Waals surface area (Å²) in [4.78, 5) is 31.8. The summed E-state index contributed by atoms with van der Waals surface area (Å²) in [5.41, 5.74) is 24.0. The van der Waals surface area contributed by atoms with Crippen LogP contribution in [0.5, 0.6) is 0 Å². The fraction of sp³-hybridized carbons (Fsp3) is 0.829. The van der Waals surface area contributed by atoms with Crippen molar-refractivity contribution < 1.29 is 19.1 Å². The van der Waals surface area contributed by atoms with Gasteiger partial charge < -0.3 is 32.4 Å². The van der Waals surface area contributed by atoms with Crippen molar-refractivity contribution >= 4 is 24.1 Å². The fourth-order valence-corrected chi connectivity index (χ4v) is 6.62. The van der Waals surface area contributed by atoms with Crippen LogP contribution in [0.2, 0.25) is 0 Å². The summed E-state index contributed by atoms with van der Waals surface area (Å²) < 4.78 is 10.8. The zero-order chi connectivity index (χ0) is 35.2. The number of aliphatic imine (C=N–C) groups is 2. The fourth-order valence-electron chi connectivity index (χ4n) is 6.62. The summed E-state index contributed by atoms with van der Waals surface area (Å²) in [5.74, 6) is 0.304. The number of hydrogen-bond donors (Lipinski definition) is 4. The molecule has 0 bridgehead atoms. The van der Waals surface area contributed by atoms with E-state index in [4.69, 9.17) is 32.4 Å². The second kappa shape index (κ2) is 18.6. The molecule has 0 aromatic rings. The number of hydrogen-bond acceptors (Lipinski definition) is 8. The molecule has 1 heterocycles. The summed E-state index contributed by atoms with van der Waals surface area (Å²) in [5, 5.41) is 0. The maximum atomic E-state index is 12.0. The Morgan fingerprint density at radius 1 is 0.756 bits per heavy atom. The first-order valence-corrected chi connectivity index (χ1v) is 16.5. The Balaban J connectivity index is 0.000000861. The quantitative estimate of drug-likeness (QED) is 0.0809. The topological polar surface area (TPSA) is 181 Å². The van der Waals surface area contributed by atoms with Gasteiger partial charge in [-0.25, -0.2) is 0 Å². The van der Waals surface area contributed by atoms with Crippen LogP contribution in [0.1, 0.15) is 122 Å². The molecule has 10 nitrogen and oxygen atoms in total. The lowest BCUT2D eigenvalue weighted by Crippen LogP contribution is -2.36. The van der Waals surface area contributed by atoms with E-state index >= 15 is 0 Å². The van der Waals surface area contributed by atoms with E-state index < -0.39 is 12.1 Å². The Morgan fingerprint density at radius 2 is 1.18 bits per heavy atom. The van der Waals surface area contributed by atoms with E-state index in [0.29, 0.717) is 50.9 Å². The van der Waals surface area contributed by atoms with Gasteiger partial charge in [-0.2, -0.15) is 0 Å². The average Bonchev–Trinajstić information content (AvgIpc) is 3.36. The van der Waals surface area contributed by atoms with Crippen LogP contribution in [0.3, 0.4) is 0 Å². The van der Waals surface area contributed by atoms with E-state index in [1.54, 1.807) is 6.20 Å². The molecule has 0 aromatic heterocycles. The molecule has 0 saturated heterocycles. The van der Waals surface area contributed by atoms with Crippen LogP contribution in [0, 0.1) is 33.5 Å². The molecule has 262 valence electrons. The van der Waals surface area contributed by atoms with Crippen LogP contribution in [0.25, 0.3) is 0 Å². The van der Waals surface area contributed by atoms with Crippen molar-refractivity contribution in [2.75, 3.05) is 19.8 Å². The Morgan fingerprint density at radius 3 is 1.53 bits per heavy atom. The van der Waals surface area contributed by atoms with Gasteiger partial charge in [0.2, 0.25) is 0 Å². The van der Waals surface area contributed by atoms with Crippen molar-refractivity contribution in [3.05, 3.63) is 11.8 Å². The van der Waals surface area contributed by atoms with E-state index in [9.17, 15) is 9.59 Å². The van der Waals surface area contributed by atoms with Gasteiger partial charge in [0.25, 0.3) is 0 Å². The number of ether oxygens (including phenoxy) is 2. The third-order valence-electron chi connectivity index (χ3n) is 8.25. The van der Waals surface area contributed by atoms with E-state index in [2.05, 4.69) is 93.1 Å². The van der Waals surface area contributed by atoms with Gasteiger partial charge in [-0.05, 0) is 71.2 Å². The molecule has 8 N–H and O–H groups in total. The molecule has 1 aliphatic rings. The first kappa shape index (κ1) is 42.5. The molecule has 2 atom stereocenters. The smallest absolute Gasteiger partial charge is 0.323 e. The SMILES string of the molecule is CC(C)(C)C(CCOC(=O)C(N)CC1=CN=CC1)C(C)(C)C.CC(C)(C)C(CCOC(=O)C(N)CCCN=C(N)N)C(C)(C)C. The van der Waals surface area contributed by atoms with Crippen molar-refractivity contribution in [1.29, 1.82) is 0 Å². The van der Waals surface area contributed by atoms with Crippen LogP contribution >= 0.6 is 0 Å². The predicted octanol–water partition coefficient (Wildman–Crippen LogP) is 5.71. The van der Waals surface area contributed by atoms with Gasteiger partial charge in [-0.1, -0.05) is 83.1 Å². The van der Waals surface area contributed by atoms with Crippen LogP contribution in [-0.4, -0.2) is 56.0 Å². The highest BCUT2D eigenvalue weighted by molar-refractivity contribution is 5.77.